The summed E-state index contributed by atoms with van der Waals surface area (Å²) in [7, 11) is 0. The molecule has 1 radical (unpaired) electrons. The molecular weight excluding hydrogens is 226 g/mol. The van der Waals surface area contributed by atoms with Gasteiger partial charge in [0.2, 0.25) is 0 Å². The van der Waals surface area contributed by atoms with Gasteiger partial charge in [-0.15, -0.1) is 0 Å². The minimum Gasteiger partial charge on any atom is -0.0842 e. The SMILES string of the molecule is CC(C)[CH]c1c(Cl)cc(Cl)cc1Cl. The second-order valence-corrected chi connectivity index (χ2v) is 4.44. The van der Waals surface area contributed by atoms with Crippen LogP contribution in [-0.4, -0.2) is 0 Å². The second kappa shape index (κ2) is 4.54. The highest BCUT2D eigenvalue weighted by atomic mass is 35.5. The summed E-state index contributed by atoms with van der Waals surface area (Å²) in [4.78, 5) is 0. The summed E-state index contributed by atoms with van der Waals surface area (Å²) in [5.41, 5.74) is 0.864. The normalized spacial score (nSPS) is 10.9. The van der Waals surface area contributed by atoms with Gasteiger partial charge in [0, 0.05) is 15.1 Å². The van der Waals surface area contributed by atoms with Crippen molar-refractivity contribution in [2.45, 2.75) is 13.8 Å². The molecule has 0 nitrogen and oxygen atoms in total. The van der Waals surface area contributed by atoms with E-state index in [1.54, 1.807) is 12.1 Å². The van der Waals surface area contributed by atoms with Crippen LogP contribution in [-0.2, 0) is 0 Å². The Kier molecular flexibility index (Phi) is 3.90. The zero-order valence-electron chi connectivity index (χ0n) is 7.44. The van der Waals surface area contributed by atoms with Gasteiger partial charge in [-0.05, 0) is 30.0 Å². The molecule has 0 amide bonds. The molecule has 0 aliphatic carbocycles. The molecule has 0 fully saturated rings. The van der Waals surface area contributed by atoms with Crippen LogP contribution in [0.1, 0.15) is 19.4 Å². The highest BCUT2D eigenvalue weighted by molar-refractivity contribution is 6.39. The van der Waals surface area contributed by atoms with Gasteiger partial charge in [-0.2, -0.15) is 0 Å². The van der Waals surface area contributed by atoms with Gasteiger partial charge in [-0.25, -0.2) is 0 Å². The molecule has 0 N–H and O–H groups in total. The monoisotopic (exact) mass is 235 g/mol. The second-order valence-electron chi connectivity index (χ2n) is 3.19. The summed E-state index contributed by atoms with van der Waals surface area (Å²) < 4.78 is 0. The summed E-state index contributed by atoms with van der Waals surface area (Å²) in [6, 6.07) is 3.40. The third kappa shape index (κ3) is 3.05. The molecule has 0 unspecified atom stereocenters. The highest BCUT2D eigenvalue weighted by Crippen LogP contribution is 2.31. The maximum Gasteiger partial charge on any atom is 0.0470 e. The van der Waals surface area contributed by atoms with Crippen LogP contribution < -0.4 is 0 Å². The van der Waals surface area contributed by atoms with E-state index in [1.807, 2.05) is 6.42 Å². The van der Waals surface area contributed by atoms with Crippen LogP contribution in [0, 0.1) is 12.3 Å². The molecule has 3 heteroatoms. The summed E-state index contributed by atoms with van der Waals surface area (Å²) in [6.07, 6.45) is 2.01. The average Bonchev–Trinajstić information content (AvgIpc) is 1.96. The van der Waals surface area contributed by atoms with Gasteiger partial charge in [-0.3, -0.25) is 0 Å². The molecule has 0 aromatic heterocycles. The molecular formula is C10H10Cl3. The fourth-order valence-electron chi connectivity index (χ4n) is 1.05. The third-order valence-corrected chi connectivity index (χ3v) is 2.39. The van der Waals surface area contributed by atoms with E-state index in [9.17, 15) is 0 Å². The number of benzene rings is 1. The van der Waals surface area contributed by atoms with E-state index in [0.29, 0.717) is 21.0 Å². The van der Waals surface area contributed by atoms with Crippen molar-refractivity contribution in [2.75, 3.05) is 0 Å². The molecule has 0 saturated heterocycles. The van der Waals surface area contributed by atoms with Crippen LogP contribution in [0.25, 0.3) is 0 Å². The fraction of sp³-hybridized carbons (Fsp3) is 0.300. The Labute approximate surface area is 93.8 Å². The summed E-state index contributed by atoms with van der Waals surface area (Å²) in [5, 5.41) is 1.77. The maximum atomic E-state index is 5.98. The topological polar surface area (TPSA) is 0 Å². The Morgan fingerprint density at radius 3 is 1.92 bits per heavy atom. The molecule has 1 rings (SSSR count). The van der Waals surface area contributed by atoms with Gasteiger partial charge < -0.3 is 0 Å². The fourth-order valence-corrected chi connectivity index (χ4v) is 1.99. The first kappa shape index (κ1) is 11.2. The van der Waals surface area contributed by atoms with Crippen molar-refractivity contribution in [3.8, 4) is 0 Å². The Balaban J connectivity index is 3.06. The Morgan fingerprint density at radius 1 is 1.08 bits per heavy atom. The van der Waals surface area contributed by atoms with Gasteiger partial charge in [0.25, 0.3) is 0 Å². The lowest BCUT2D eigenvalue weighted by Crippen LogP contribution is -1.93. The molecule has 0 bridgehead atoms. The molecule has 0 aliphatic heterocycles. The molecule has 0 aliphatic rings. The van der Waals surface area contributed by atoms with Crippen molar-refractivity contribution >= 4 is 34.8 Å². The molecule has 0 saturated carbocycles. The summed E-state index contributed by atoms with van der Waals surface area (Å²) >= 11 is 17.7. The summed E-state index contributed by atoms with van der Waals surface area (Å²) in [6.45, 7) is 4.14. The maximum absolute atomic E-state index is 5.98. The van der Waals surface area contributed by atoms with Crippen molar-refractivity contribution < 1.29 is 0 Å². The molecule has 71 valence electrons. The number of hydrogen-bond acceptors (Lipinski definition) is 0. The average molecular weight is 237 g/mol. The van der Waals surface area contributed by atoms with E-state index in [-0.39, 0.29) is 0 Å². The zero-order chi connectivity index (χ0) is 10.0. The van der Waals surface area contributed by atoms with Crippen molar-refractivity contribution in [1.82, 2.24) is 0 Å². The minimum absolute atomic E-state index is 0.413. The number of hydrogen-bond donors (Lipinski definition) is 0. The molecule has 1 aromatic rings. The number of halogens is 3. The van der Waals surface area contributed by atoms with E-state index in [0.717, 1.165) is 5.56 Å². The van der Waals surface area contributed by atoms with Crippen LogP contribution in [0.2, 0.25) is 15.1 Å². The lowest BCUT2D eigenvalue weighted by molar-refractivity contribution is 0.777. The lowest BCUT2D eigenvalue weighted by Gasteiger charge is -2.09. The Hall–Kier alpha value is 0.0900. The predicted molar refractivity (Wildman–Crippen MR) is 59.7 cm³/mol. The van der Waals surface area contributed by atoms with Crippen LogP contribution in [0.5, 0.6) is 0 Å². The first-order chi connectivity index (χ1) is 6.00. The van der Waals surface area contributed by atoms with Gasteiger partial charge in [0.15, 0.2) is 0 Å². The van der Waals surface area contributed by atoms with E-state index in [1.165, 1.54) is 0 Å². The zero-order valence-corrected chi connectivity index (χ0v) is 9.71. The van der Waals surface area contributed by atoms with Crippen LogP contribution in [0.3, 0.4) is 0 Å². The molecule has 1 aromatic carbocycles. The molecule has 0 heterocycles. The lowest BCUT2D eigenvalue weighted by atomic mass is 10.0. The quantitative estimate of drug-likeness (QED) is 0.688. The standard InChI is InChI=1S/C10H10Cl3/c1-6(2)3-8-9(12)4-7(11)5-10(8)13/h3-6H,1-2H3. The first-order valence-corrected chi connectivity index (χ1v) is 5.13. The van der Waals surface area contributed by atoms with Gasteiger partial charge in [-0.1, -0.05) is 48.7 Å². The molecule has 13 heavy (non-hydrogen) atoms. The smallest absolute Gasteiger partial charge is 0.0470 e. The Bertz CT molecular complexity index is 282. The van der Waals surface area contributed by atoms with E-state index >= 15 is 0 Å². The van der Waals surface area contributed by atoms with Crippen molar-refractivity contribution in [1.29, 1.82) is 0 Å². The van der Waals surface area contributed by atoms with E-state index in [4.69, 9.17) is 34.8 Å². The predicted octanol–water partition coefficient (Wildman–Crippen LogP) is 4.86. The van der Waals surface area contributed by atoms with Gasteiger partial charge >= 0.3 is 0 Å². The minimum atomic E-state index is 0.413. The molecule has 0 spiro atoms. The van der Waals surface area contributed by atoms with Crippen LogP contribution in [0.4, 0.5) is 0 Å². The van der Waals surface area contributed by atoms with E-state index < -0.39 is 0 Å². The first-order valence-electron chi connectivity index (χ1n) is 4.00. The van der Waals surface area contributed by atoms with Gasteiger partial charge in [0.05, 0.1) is 0 Å². The van der Waals surface area contributed by atoms with Crippen molar-refractivity contribution in [3.63, 3.8) is 0 Å². The highest BCUT2D eigenvalue weighted by Gasteiger charge is 2.09. The van der Waals surface area contributed by atoms with E-state index in [2.05, 4.69) is 13.8 Å². The Morgan fingerprint density at radius 2 is 1.54 bits per heavy atom. The third-order valence-electron chi connectivity index (χ3n) is 1.54. The number of rotatable bonds is 2. The van der Waals surface area contributed by atoms with Gasteiger partial charge in [0.1, 0.15) is 0 Å². The van der Waals surface area contributed by atoms with Crippen molar-refractivity contribution in [3.05, 3.63) is 39.2 Å². The van der Waals surface area contributed by atoms with Crippen LogP contribution >= 0.6 is 34.8 Å². The molecule has 0 atom stereocenters. The van der Waals surface area contributed by atoms with Crippen molar-refractivity contribution in [2.24, 2.45) is 5.92 Å². The largest absolute Gasteiger partial charge is 0.0842 e. The van der Waals surface area contributed by atoms with Crippen LogP contribution in [0.15, 0.2) is 12.1 Å². The summed E-state index contributed by atoms with van der Waals surface area (Å²) in [5.74, 6) is 0.413.